The molecule has 2 unspecified atom stereocenters. The van der Waals surface area contributed by atoms with Crippen LogP contribution in [0.3, 0.4) is 0 Å². The molecule has 2 aliphatic heterocycles. The molecular formula is C20H22F2N4O4. The van der Waals surface area contributed by atoms with Crippen LogP contribution in [0.15, 0.2) is 11.0 Å². The van der Waals surface area contributed by atoms with Crippen LogP contribution in [0, 0.1) is 11.6 Å². The van der Waals surface area contributed by atoms with Crippen molar-refractivity contribution >= 4 is 28.4 Å². The van der Waals surface area contributed by atoms with E-state index in [0.29, 0.717) is 13.1 Å². The van der Waals surface area contributed by atoms with Crippen LogP contribution >= 0.6 is 0 Å². The number of pyridine rings is 1. The maximum absolute atomic E-state index is 15.8. The highest BCUT2D eigenvalue weighted by atomic mass is 19.1. The topological polar surface area (TPSA) is 101 Å². The van der Waals surface area contributed by atoms with Crippen molar-refractivity contribution in [1.29, 1.82) is 0 Å². The quantitative estimate of drug-likeness (QED) is 0.581. The molecule has 3 heterocycles. The molecule has 160 valence electrons. The fraction of sp³-hybridized carbons (Fsp3) is 0.500. The van der Waals surface area contributed by atoms with Crippen molar-refractivity contribution in [3.05, 3.63) is 28.1 Å². The Morgan fingerprint density at radius 2 is 1.73 bits per heavy atom. The molecule has 8 nitrogen and oxygen atoms in total. The lowest BCUT2D eigenvalue weighted by atomic mass is 10.1. The molecule has 5 rings (SSSR count). The third-order valence-electron chi connectivity index (χ3n) is 6.63. The zero-order valence-electron chi connectivity index (χ0n) is 16.4. The molecule has 2 aromatic rings. The highest BCUT2D eigenvalue weighted by Gasteiger charge is 2.40. The number of anilines is 2. The van der Waals surface area contributed by atoms with Gasteiger partial charge in [-0.1, -0.05) is 0 Å². The number of carbonyl (C=O) groups is 1. The molecular weight excluding hydrogens is 398 g/mol. The van der Waals surface area contributed by atoms with Gasteiger partial charge in [0.25, 0.3) is 0 Å². The average Bonchev–Trinajstić information content (AvgIpc) is 3.50. The molecule has 0 radical (unpaired) electrons. The number of rotatable bonds is 3. The van der Waals surface area contributed by atoms with Gasteiger partial charge in [-0.2, -0.15) is 0 Å². The smallest absolute Gasteiger partial charge is 0.449 e. The summed E-state index contributed by atoms with van der Waals surface area (Å²) in [5.74, 6) is -2.35. The first-order chi connectivity index (χ1) is 14.3. The Labute approximate surface area is 170 Å². The van der Waals surface area contributed by atoms with E-state index in [0.717, 1.165) is 25.7 Å². The minimum atomic E-state index is -1.68. The summed E-state index contributed by atoms with van der Waals surface area (Å²) in [6.45, 7) is 0.944. The number of likely N-dealkylation sites (N-methyl/N-ethyl adjacent to an activating group) is 1. The number of nitrogen functional groups attached to an aromatic ring is 1. The van der Waals surface area contributed by atoms with Crippen LogP contribution in [0.1, 0.15) is 31.7 Å². The number of hydrogen-bond donors (Lipinski definition) is 2. The Kier molecular flexibility index (Phi) is 4.18. The maximum atomic E-state index is 15.8. The Morgan fingerprint density at radius 3 is 2.30 bits per heavy atom. The number of benzene rings is 1. The molecule has 2 saturated heterocycles. The van der Waals surface area contributed by atoms with Gasteiger partial charge in [-0.3, -0.25) is 9.69 Å². The number of nitrogens with zero attached hydrogens (tertiary/aromatic N) is 3. The van der Waals surface area contributed by atoms with E-state index in [4.69, 9.17) is 10.8 Å². The van der Waals surface area contributed by atoms with Gasteiger partial charge < -0.3 is 25.0 Å². The Bertz CT molecular complexity index is 1120. The molecule has 10 heteroatoms. The van der Waals surface area contributed by atoms with E-state index in [9.17, 15) is 9.59 Å². The van der Waals surface area contributed by atoms with E-state index in [1.165, 1.54) is 10.8 Å². The first kappa shape index (κ1) is 19.1. The lowest BCUT2D eigenvalue weighted by Gasteiger charge is -2.40. The van der Waals surface area contributed by atoms with Crippen LogP contribution in [-0.4, -0.2) is 52.9 Å². The first-order valence-corrected chi connectivity index (χ1v) is 10.0. The van der Waals surface area contributed by atoms with Crippen molar-refractivity contribution in [2.24, 2.45) is 0 Å². The fourth-order valence-corrected chi connectivity index (χ4v) is 4.91. The molecule has 0 amide bonds. The van der Waals surface area contributed by atoms with E-state index in [1.54, 1.807) is 4.90 Å². The van der Waals surface area contributed by atoms with Gasteiger partial charge >= 0.3 is 6.16 Å². The van der Waals surface area contributed by atoms with Crippen LogP contribution in [0.25, 0.3) is 10.9 Å². The van der Waals surface area contributed by atoms with Gasteiger partial charge in [0.1, 0.15) is 5.69 Å². The van der Waals surface area contributed by atoms with Crippen LogP contribution in [0.2, 0.25) is 0 Å². The Balaban J connectivity index is 1.74. The number of piperazine rings is 1. The zero-order valence-corrected chi connectivity index (χ0v) is 16.4. The second-order valence-corrected chi connectivity index (χ2v) is 8.40. The van der Waals surface area contributed by atoms with Gasteiger partial charge in [0.15, 0.2) is 17.4 Å². The van der Waals surface area contributed by atoms with Crippen molar-refractivity contribution in [3.63, 3.8) is 0 Å². The van der Waals surface area contributed by atoms with Crippen LogP contribution in [0.4, 0.5) is 25.0 Å². The van der Waals surface area contributed by atoms with Gasteiger partial charge in [0, 0.05) is 31.2 Å². The number of hydrogen-bond acceptors (Lipinski definition) is 6. The molecule has 1 aromatic carbocycles. The summed E-state index contributed by atoms with van der Waals surface area (Å²) < 4.78 is 37.2. The number of carboxylic acid groups (broad SMARTS) is 1. The van der Waals surface area contributed by atoms with Gasteiger partial charge in [-0.25, -0.2) is 13.6 Å². The maximum Gasteiger partial charge on any atom is 0.511 e. The second kappa shape index (κ2) is 6.56. The van der Waals surface area contributed by atoms with Gasteiger partial charge in [-0.05, 0) is 32.7 Å². The van der Waals surface area contributed by atoms with Crippen molar-refractivity contribution in [3.8, 4) is 5.75 Å². The number of nitrogens with two attached hydrogens (primary N) is 1. The second-order valence-electron chi connectivity index (χ2n) is 8.40. The average molecular weight is 420 g/mol. The van der Waals surface area contributed by atoms with E-state index in [1.807, 2.05) is 7.05 Å². The van der Waals surface area contributed by atoms with E-state index >= 15 is 8.78 Å². The third-order valence-corrected chi connectivity index (χ3v) is 6.63. The first-order valence-electron chi connectivity index (χ1n) is 10.0. The largest absolute Gasteiger partial charge is 0.511 e. The molecule has 1 aromatic heterocycles. The number of aromatic nitrogens is 1. The molecule has 3 fully saturated rings. The molecule has 0 spiro atoms. The summed E-state index contributed by atoms with van der Waals surface area (Å²) in [7, 11) is 2.02. The minimum Gasteiger partial charge on any atom is -0.449 e. The molecule has 2 atom stereocenters. The van der Waals surface area contributed by atoms with Crippen LogP contribution < -0.4 is 20.8 Å². The van der Waals surface area contributed by atoms with E-state index < -0.39 is 34.7 Å². The molecule has 30 heavy (non-hydrogen) atoms. The lowest BCUT2D eigenvalue weighted by Crippen LogP contribution is -2.52. The van der Waals surface area contributed by atoms with E-state index in [2.05, 4.69) is 9.64 Å². The zero-order chi connectivity index (χ0) is 21.3. The molecule has 3 N–H and O–H groups in total. The van der Waals surface area contributed by atoms with Crippen LogP contribution in [-0.2, 0) is 0 Å². The molecule has 1 aliphatic carbocycles. The normalized spacial score (nSPS) is 23.9. The van der Waals surface area contributed by atoms with Gasteiger partial charge in [0.05, 0.1) is 22.8 Å². The fourth-order valence-electron chi connectivity index (χ4n) is 4.91. The summed E-state index contributed by atoms with van der Waals surface area (Å²) in [6, 6.07) is 0.285. The van der Waals surface area contributed by atoms with Crippen molar-refractivity contribution in [1.82, 2.24) is 9.47 Å². The van der Waals surface area contributed by atoms with Crippen LogP contribution in [0.5, 0.6) is 5.75 Å². The van der Waals surface area contributed by atoms with Gasteiger partial charge in [-0.15, -0.1) is 0 Å². The summed E-state index contributed by atoms with van der Waals surface area (Å²) in [4.78, 5) is 27.7. The predicted octanol–water partition coefficient (Wildman–Crippen LogP) is 2.54. The summed E-state index contributed by atoms with van der Waals surface area (Å²) in [6.07, 6.45) is 2.90. The lowest BCUT2D eigenvalue weighted by molar-refractivity contribution is 0.143. The Hall–Kier alpha value is -2.88. The van der Waals surface area contributed by atoms with Crippen molar-refractivity contribution in [2.75, 3.05) is 30.8 Å². The van der Waals surface area contributed by atoms with Gasteiger partial charge in [0.2, 0.25) is 5.43 Å². The molecule has 3 aliphatic rings. The molecule has 1 saturated carbocycles. The van der Waals surface area contributed by atoms with Crippen molar-refractivity contribution < 1.29 is 23.4 Å². The summed E-state index contributed by atoms with van der Waals surface area (Å²) in [5, 5.41) is 8.54. The van der Waals surface area contributed by atoms with E-state index in [-0.39, 0.29) is 34.7 Å². The molecule has 2 bridgehead atoms. The highest BCUT2D eigenvalue weighted by molar-refractivity contribution is 5.96. The SMILES string of the molecule is CN1C2CCC1CN(c1c(F)c(N)c3c(=O)c(OC(=O)O)cn(C4CC4)c3c1F)C2. The third kappa shape index (κ3) is 2.73. The highest BCUT2D eigenvalue weighted by Crippen LogP contribution is 2.43. The van der Waals surface area contributed by atoms with Crippen molar-refractivity contribution in [2.45, 2.75) is 43.8 Å². The number of halogens is 2. The summed E-state index contributed by atoms with van der Waals surface area (Å²) >= 11 is 0. The number of fused-ring (bicyclic) bond motifs is 3. The monoisotopic (exact) mass is 420 g/mol. The standard InChI is InChI=1S/C20H22F2N4O4/c1-24-10-4-5-11(24)7-25(6-10)18-14(21)16(23)13-17(15(18)22)26(9-2-3-9)8-12(19(13)27)30-20(28)29/h8-11H,2-7,23H2,1H3,(H,28,29). The Morgan fingerprint density at radius 1 is 1.13 bits per heavy atom. The summed E-state index contributed by atoms with van der Waals surface area (Å²) in [5.41, 5.74) is 4.26. The predicted molar refractivity (Wildman–Crippen MR) is 106 cm³/mol. The number of ether oxygens (including phenoxy) is 1. The minimum absolute atomic E-state index is 0.0968.